The molecular weight excluding hydrogens is 246 g/mol. The van der Waals surface area contributed by atoms with Gasteiger partial charge >= 0.3 is 0 Å². The number of aromatic nitrogens is 2. The van der Waals surface area contributed by atoms with Crippen LogP contribution in [0.5, 0.6) is 0 Å². The van der Waals surface area contributed by atoms with Crippen molar-refractivity contribution in [2.75, 3.05) is 0 Å². The summed E-state index contributed by atoms with van der Waals surface area (Å²) in [5.41, 5.74) is 2.53. The van der Waals surface area contributed by atoms with Gasteiger partial charge in [0.1, 0.15) is 0 Å². The van der Waals surface area contributed by atoms with E-state index in [9.17, 15) is 0 Å². The van der Waals surface area contributed by atoms with E-state index in [0.29, 0.717) is 6.04 Å². The fourth-order valence-corrected chi connectivity index (χ4v) is 3.55. The van der Waals surface area contributed by atoms with Crippen LogP contribution in [0.15, 0.2) is 30.6 Å². The molecule has 0 radical (unpaired) electrons. The van der Waals surface area contributed by atoms with Gasteiger partial charge in [-0.25, -0.2) is 4.52 Å². The molecule has 0 saturated heterocycles. The van der Waals surface area contributed by atoms with Crippen molar-refractivity contribution in [2.45, 2.75) is 58.0 Å². The number of pyridine rings is 1. The van der Waals surface area contributed by atoms with Crippen molar-refractivity contribution < 1.29 is 0 Å². The minimum absolute atomic E-state index is 0.661. The highest BCUT2D eigenvalue weighted by atomic mass is 15.2. The molecule has 2 aromatic heterocycles. The Morgan fingerprint density at radius 3 is 2.95 bits per heavy atom. The Labute approximate surface area is 121 Å². The van der Waals surface area contributed by atoms with Crippen LogP contribution >= 0.6 is 0 Å². The van der Waals surface area contributed by atoms with E-state index in [4.69, 9.17) is 0 Å². The van der Waals surface area contributed by atoms with E-state index in [-0.39, 0.29) is 0 Å². The average Bonchev–Trinajstić information content (AvgIpc) is 2.92. The standard InChI is InChI=1S/C17H25N3/c1-2-16(14-8-4-3-5-9-14)18-12-15-13-19-20-11-7-6-10-17(15)20/h6-7,10-11,13-14,16,18H,2-5,8-9,12H2,1H3. The molecule has 1 N–H and O–H groups in total. The van der Waals surface area contributed by atoms with Crippen molar-refractivity contribution >= 4 is 5.52 Å². The molecule has 0 bridgehead atoms. The predicted octanol–water partition coefficient (Wildman–Crippen LogP) is 3.78. The van der Waals surface area contributed by atoms with Gasteiger partial charge in [-0.05, 0) is 37.3 Å². The molecule has 1 aliphatic rings. The van der Waals surface area contributed by atoms with E-state index >= 15 is 0 Å². The second-order valence-electron chi connectivity index (χ2n) is 5.99. The number of hydrogen-bond acceptors (Lipinski definition) is 2. The van der Waals surface area contributed by atoms with Crippen molar-refractivity contribution in [1.82, 2.24) is 14.9 Å². The van der Waals surface area contributed by atoms with E-state index < -0.39 is 0 Å². The van der Waals surface area contributed by atoms with E-state index in [1.165, 1.54) is 49.6 Å². The molecule has 0 spiro atoms. The number of nitrogens with one attached hydrogen (secondary N) is 1. The predicted molar refractivity (Wildman–Crippen MR) is 82.7 cm³/mol. The van der Waals surface area contributed by atoms with E-state index in [1.807, 2.05) is 23.0 Å². The average molecular weight is 271 g/mol. The quantitative estimate of drug-likeness (QED) is 0.896. The molecule has 1 atom stereocenters. The minimum atomic E-state index is 0.661. The number of rotatable bonds is 5. The molecular formula is C17H25N3. The monoisotopic (exact) mass is 271 g/mol. The Kier molecular flexibility index (Phi) is 4.36. The minimum Gasteiger partial charge on any atom is -0.310 e. The van der Waals surface area contributed by atoms with Crippen LogP contribution in [0.1, 0.15) is 51.0 Å². The van der Waals surface area contributed by atoms with E-state index in [2.05, 4.69) is 29.5 Å². The fraction of sp³-hybridized carbons (Fsp3) is 0.588. The zero-order valence-electron chi connectivity index (χ0n) is 12.4. The summed E-state index contributed by atoms with van der Waals surface area (Å²) >= 11 is 0. The Bertz CT molecular complexity index is 540. The van der Waals surface area contributed by atoms with Gasteiger partial charge in [0.05, 0.1) is 11.7 Å². The zero-order chi connectivity index (χ0) is 13.8. The first-order valence-electron chi connectivity index (χ1n) is 8.03. The Hall–Kier alpha value is -1.35. The van der Waals surface area contributed by atoms with Crippen LogP contribution in [0, 0.1) is 5.92 Å². The second kappa shape index (κ2) is 6.40. The van der Waals surface area contributed by atoms with Crippen molar-refractivity contribution in [1.29, 1.82) is 0 Å². The van der Waals surface area contributed by atoms with E-state index in [1.54, 1.807) is 0 Å². The highest BCUT2D eigenvalue weighted by molar-refractivity contribution is 5.53. The number of fused-ring (bicyclic) bond motifs is 1. The van der Waals surface area contributed by atoms with Gasteiger partial charge < -0.3 is 5.32 Å². The Morgan fingerprint density at radius 1 is 1.30 bits per heavy atom. The molecule has 1 unspecified atom stereocenters. The molecule has 2 heterocycles. The summed E-state index contributed by atoms with van der Waals surface area (Å²) in [6.07, 6.45) is 12.3. The van der Waals surface area contributed by atoms with Gasteiger partial charge in [-0.1, -0.05) is 32.3 Å². The summed E-state index contributed by atoms with van der Waals surface area (Å²) in [5.74, 6) is 0.871. The summed E-state index contributed by atoms with van der Waals surface area (Å²) < 4.78 is 1.96. The highest BCUT2D eigenvalue weighted by Crippen LogP contribution is 2.28. The summed E-state index contributed by atoms with van der Waals surface area (Å²) in [6.45, 7) is 3.24. The van der Waals surface area contributed by atoms with Crippen LogP contribution in [0.25, 0.3) is 5.52 Å². The van der Waals surface area contributed by atoms with Crippen LogP contribution in [-0.4, -0.2) is 15.7 Å². The normalized spacial score (nSPS) is 18.4. The molecule has 2 aromatic rings. The molecule has 0 amide bonds. The van der Waals surface area contributed by atoms with Crippen LogP contribution in [0.3, 0.4) is 0 Å². The zero-order valence-corrected chi connectivity index (χ0v) is 12.4. The molecule has 3 heteroatoms. The van der Waals surface area contributed by atoms with Crippen molar-refractivity contribution in [3.63, 3.8) is 0 Å². The van der Waals surface area contributed by atoms with Crippen LogP contribution in [0.4, 0.5) is 0 Å². The summed E-state index contributed by atoms with van der Waals surface area (Å²) in [4.78, 5) is 0. The summed E-state index contributed by atoms with van der Waals surface area (Å²) in [5, 5.41) is 8.19. The maximum Gasteiger partial charge on any atom is 0.0706 e. The maximum absolute atomic E-state index is 4.41. The molecule has 3 nitrogen and oxygen atoms in total. The van der Waals surface area contributed by atoms with Gasteiger partial charge in [0, 0.05) is 24.3 Å². The summed E-state index contributed by atoms with van der Waals surface area (Å²) in [7, 11) is 0. The Balaban J connectivity index is 1.65. The first kappa shape index (κ1) is 13.6. The third-order valence-electron chi connectivity index (χ3n) is 4.72. The molecule has 1 saturated carbocycles. The smallest absolute Gasteiger partial charge is 0.0706 e. The molecule has 20 heavy (non-hydrogen) atoms. The third-order valence-corrected chi connectivity index (χ3v) is 4.72. The molecule has 0 aliphatic heterocycles. The third kappa shape index (κ3) is 2.88. The number of nitrogens with zero attached hydrogens (tertiary/aromatic N) is 2. The maximum atomic E-state index is 4.41. The van der Waals surface area contributed by atoms with E-state index in [0.717, 1.165) is 12.5 Å². The van der Waals surface area contributed by atoms with Crippen LogP contribution in [0.2, 0.25) is 0 Å². The van der Waals surface area contributed by atoms with Gasteiger partial charge in [-0.3, -0.25) is 0 Å². The van der Waals surface area contributed by atoms with Crippen molar-refractivity contribution in [3.8, 4) is 0 Å². The van der Waals surface area contributed by atoms with Gasteiger partial charge in [-0.15, -0.1) is 0 Å². The van der Waals surface area contributed by atoms with Crippen molar-refractivity contribution in [2.24, 2.45) is 5.92 Å². The molecule has 1 fully saturated rings. The van der Waals surface area contributed by atoms with Crippen LogP contribution in [-0.2, 0) is 6.54 Å². The molecule has 1 aliphatic carbocycles. The highest BCUT2D eigenvalue weighted by Gasteiger charge is 2.21. The first-order chi connectivity index (χ1) is 9.88. The van der Waals surface area contributed by atoms with Gasteiger partial charge in [-0.2, -0.15) is 5.10 Å². The SMILES string of the molecule is CCC(NCc1cnn2ccccc12)C1CCCCC1. The van der Waals surface area contributed by atoms with Gasteiger partial charge in [0.2, 0.25) is 0 Å². The molecule has 3 rings (SSSR count). The first-order valence-corrected chi connectivity index (χ1v) is 8.03. The topological polar surface area (TPSA) is 29.3 Å². The van der Waals surface area contributed by atoms with Crippen LogP contribution < -0.4 is 5.32 Å². The summed E-state index contributed by atoms with van der Waals surface area (Å²) in [6, 6.07) is 6.91. The molecule has 0 aromatic carbocycles. The Morgan fingerprint density at radius 2 is 2.15 bits per heavy atom. The lowest BCUT2D eigenvalue weighted by Gasteiger charge is -2.30. The van der Waals surface area contributed by atoms with Crippen molar-refractivity contribution in [3.05, 3.63) is 36.2 Å². The number of hydrogen-bond donors (Lipinski definition) is 1. The lowest BCUT2D eigenvalue weighted by atomic mass is 9.83. The second-order valence-corrected chi connectivity index (χ2v) is 5.99. The van der Waals surface area contributed by atoms with Gasteiger partial charge in [0.15, 0.2) is 0 Å². The lowest BCUT2D eigenvalue weighted by Crippen LogP contribution is -2.36. The fourth-order valence-electron chi connectivity index (χ4n) is 3.55. The molecule has 108 valence electrons. The largest absolute Gasteiger partial charge is 0.310 e. The van der Waals surface area contributed by atoms with Gasteiger partial charge in [0.25, 0.3) is 0 Å². The lowest BCUT2D eigenvalue weighted by molar-refractivity contribution is 0.262.